The van der Waals surface area contributed by atoms with Crippen LogP contribution >= 0.6 is 0 Å². The van der Waals surface area contributed by atoms with E-state index in [4.69, 9.17) is 12.2 Å². The Kier molecular flexibility index (Phi) is 2.47. The monoisotopic (exact) mass is 199 g/mol. The molecule has 15 heavy (non-hydrogen) atoms. The van der Waals surface area contributed by atoms with Crippen LogP contribution in [0.3, 0.4) is 0 Å². The molecule has 75 valence electrons. The molecule has 2 rings (SSSR count). The Morgan fingerprint density at radius 2 is 2.27 bits per heavy atom. The summed E-state index contributed by atoms with van der Waals surface area (Å²) in [5, 5.41) is 0. The molecule has 2 nitrogen and oxygen atoms in total. The molecule has 0 N–H and O–H groups in total. The number of hydrogen-bond donors (Lipinski definition) is 0. The summed E-state index contributed by atoms with van der Waals surface area (Å²) in [5.74, 6) is 0.951. The molecule has 0 saturated heterocycles. The number of rotatable bonds is 2. The zero-order valence-electron chi connectivity index (χ0n) is 8.91. The average molecular weight is 199 g/mol. The first kappa shape index (κ1) is 10.2. The van der Waals surface area contributed by atoms with Crippen molar-refractivity contribution in [3.8, 4) is 5.75 Å². The Morgan fingerprint density at radius 3 is 2.87 bits per heavy atom. The Bertz CT molecular complexity index is 437. The van der Waals surface area contributed by atoms with Crippen LogP contribution in [0, 0.1) is 5.92 Å². The second kappa shape index (κ2) is 3.65. The summed E-state index contributed by atoms with van der Waals surface area (Å²) in [5.41, 5.74) is 3.66. The van der Waals surface area contributed by atoms with Crippen molar-refractivity contribution in [2.75, 3.05) is 7.11 Å². The standard InChI is InChI=1S/C12H12BO2/c1-7-3-8-4-9(6-14)11(15-2)5-10(8)12(7)13/h4-7H,3H2,1-2H3/t7-/m0/s1. The fraction of sp³-hybridized carbons (Fsp3) is 0.333. The Labute approximate surface area is 90.3 Å². The predicted octanol–water partition coefficient (Wildman–Crippen LogP) is 1.39. The van der Waals surface area contributed by atoms with Gasteiger partial charge in [-0.3, -0.25) is 0 Å². The molecule has 0 spiro atoms. The number of benzene rings is 1. The molecule has 3 heteroatoms. The molecule has 0 amide bonds. The molecule has 0 heterocycles. The summed E-state index contributed by atoms with van der Waals surface area (Å²) < 4.78 is 5.14. The molecule has 1 aliphatic rings. The maximum absolute atomic E-state index is 10.8. The van der Waals surface area contributed by atoms with Gasteiger partial charge in [-0.1, -0.05) is 0 Å². The van der Waals surface area contributed by atoms with E-state index in [1.807, 2.05) is 12.1 Å². The molecule has 0 bridgehead atoms. The van der Waals surface area contributed by atoms with Crippen LogP contribution in [0.1, 0.15) is 28.4 Å². The molecular formula is C12H12BO2. The minimum absolute atomic E-state index is 0.353. The first-order valence-corrected chi connectivity index (χ1v) is 4.96. The number of carbonyl (C=O) groups excluding carboxylic acids is 1. The van der Waals surface area contributed by atoms with Crippen molar-refractivity contribution in [2.24, 2.45) is 5.92 Å². The summed E-state index contributed by atoms with van der Waals surface area (Å²) >= 11 is 0. The molecule has 0 aromatic heterocycles. The van der Waals surface area contributed by atoms with E-state index in [2.05, 4.69) is 6.92 Å². The topological polar surface area (TPSA) is 26.3 Å². The number of carbonyl (C=O) groups is 1. The number of aldehydes is 1. The second-order valence-corrected chi connectivity index (χ2v) is 3.93. The summed E-state index contributed by atoms with van der Waals surface area (Å²) in [6.45, 7) is 2.09. The maximum atomic E-state index is 10.8. The molecule has 1 aromatic rings. The Morgan fingerprint density at radius 1 is 1.53 bits per heavy atom. The van der Waals surface area contributed by atoms with Crippen molar-refractivity contribution in [1.29, 1.82) is 0 Å². The molecule has 1 aromatic carbocycles. The van der Waals surface area contributed by atoms with E-state index >= 15 is 0 Å². The number of fused-ring (bicyclic) bond motifs is 1. The summed E-state index contributed by atoms with van der Waals surface area (Å²) in [6.07, 6.45) is 1.73. The van der Waals surface area contributed by atoms with Gasteiger partial charge in [0.25, 0.3) is 0 Å². The van der Waals surface area contributed by atoms with Crippen molar-refractivity contribution in [2.45, 2.75) is 13.3 Å². The first-order chi connectivity index (χ1) is 7.17. The van der Waals surface area contributed by atoms with Crippen LogP contribution in [0.25, 0.3) is 0 Å². The van der Waals surface area contributed by atoms with E-state index in [9.17, 15) is 4.79 Å². The average Bonchev–Trinajstić information content (AvgIpc) is 2.53. The third kappa shape index (κ3) is 1.52. The molecule has 1 radical (unpaired) electrons. The van der Waals surface area contributed by atoms with Crippen molar-refractivity contribution in [3.05, 3.63) is 28.8 Å². The van der Waals surface area contributed by atoms with E-state index in [1.165, 1.54) is 0 Å². The van der Waals surface area contributed by atoms with Crippen molar-refractivity contribution < 1.29 is 9.53 Å². The zero-order valence-corrected chi connectivity index (χ0v) is 8.91. The van der Waals surface area contributed by atoms with Crippen molar-refractivity contribution >= 4 is 19.2 Å². The van der Waals surface area contributed by atoms with Gasteiger partial charge >= 0.3 is 89.7 Å². The first-order valence-electron chi connectivity index (χ1n) is 4.96. The minimum atomic E-state index is 0.353. The van der Waals surface area contributed by atoms with Gasteiger partial charge < -0.3 is 0 Å². The Hall–Kier alpha value is -1.38. The molecule has 0 fully saturated rings. The van der Waals surface area contributed by atoms with Gasteiger partial charge in [0.1, 0.15) is 0 Å². The predicted molar refractivity (Wildman–Crippen MR) is 61.1 cm³/mol. The third-order valence-corrected chi connectivity index (χ3v) is 2.95. The van der Waals surface area contributed by atoms with Gasteiger partial charge in [-0.2, -0.15) is 0 Å². The van der Waals surface area contributed by atoms with Crippen LogP contribution in [0.4, 0.5) is 0 Å². The van der Waals surface area contributed by atoms with E-state index in [0.29, 0.717) is 17.2 Å². The van der Waals surface area contributed by atoms with E-state index in [1.54, 1.807) is 7.11 Å². The van der Waals surface area contributed by atoms with Crippen LogP contribution in [0.2, 0.25) is 0 Å². The third-order valence-electron chi connectivity index (χ3n) is 2.95. The van der Waals surface area contributed by atoms with Gasteiger partial charge in [-0.15, -0.1) is 0 Å². The summed E-state index contributed by atoms with van der Waals surface area (Å²) in [4.78, 5) is 10.8. The van der Waals surface area contributed by atoms with Crippen LogP contribution in [0.5, 0.6) is 5.75 Å². The summed E-state index contributed by atoms with van der Waals surface area (Å²) in [6, 6.07) is 3.73. The number of hydrogen-bond acceptors (Lipinski definition) is 2. The normalized spacial score (nSPS) is 18.7. The van der Waals surface area contributed by atoms with E-state index in [-0.39, 0.29) is 0 Å². The molecule has 0 unspecified atom stereocenters. The quantitative estimate of drug-likeness (QED) is 0.531. The molecule has 0 saturated carbocycles. The Balaban J connectivity index is 2.58. The van der Waals surface area contributed by atoms with Crippen LogP contribution in [-0.2, 0) is 6.42 Å². The van der Waals surface area contributed by atoms with Gasteiger partial charge in [0.05, 0.1) is 0 Å². The molecule has 1 aliphatic carbocycles. The van der Waals surface area contributed by atoms with Crippen LogP contribution in [-0.4, -0.2) is 26.3 Å². The van der Waals surface area contributed by atoms with E-state index < -0.39 is 0 Å². The van der Waals surface area contributed by atoms with Crippen LogP contribution < -0.4 is 4.74 Å². The SMILES string of the molecule is [B]=C1c2cc(OC)c(C=O)cc2C[C@@H]1C. The van der Waals surface area contributed by atoms with Crippen molar-refractivity contribution in [1.82, 2.24) is 0 Å². The van der Waals surface area contributed by atoms with Gasteiger partial charge in [0.15, 0.2) is 0 Å². The van der Waals surface area contributed by atoms with Crippen LogP contribution in [0.15, 0.2) is 12.1 Å². The molecular weight excluding hydrogens is 187 g/mol. The zero-order chi connectivity index (χ0) is 11.0. The molecule has 0 aliphatic heterocycles. The van der Waals surface area contributed by atoms with Gasteiger partial charge in [-0.25, -0.2) is 0 Å². The van der Waals surface area contributed by atoms with Gasteiger partial charge in [-0.05, 0) is 0 Å². The van der Waals surface area contributed by atoms with Crippen molar-refractivity contribution in [3.63, 3.8) is 0 Å². The van der Waals surface area contributed by atoms with Gasteiger partial charge in [0.2, 0.25) is 0 Å². The second-order valence-electron chi connectivity index (χ2n) is 3.93. The summed E-state index contributed by atoms with van der Waals surface area (Å²) in [7, 11) is 7.54. The number of methoxy groups -OCH3 is 1. The molecule has 1 atom stereocenters. The fourth-order valence-corrected chi connectivity index (χ4v) is 2.06. The fourth-order valence-electron chi connectivity index (χ4n) is 2.06. The van der Waals surface area contributed by atoms with E-state index in [0.717, 1.165) is 29.3 Å². The van der Waals surface area contributed by atoms with Gasteiger partial charge in [0, 0.05) is 0 Å². The number of ether oxygens (including phenoxy) is 1.